The van der Waals surface area contributed by atoms with Crippen molar-refractivity contribution in [1.82, 2.24) is 10.6 Å². The number of carbonyl (C=O) groups is 1. The summed E-state index contributed by atoms with van der Waals surface area (Å²) in [6.45, 7) is 4.41. The normalized spacial score (nSPS) is 17.3. The van der Waals surface area contributed by atoms with Crippen LogP contribution in [0.3, 0.4) is 0 Å². The van der Waals surface area contributed by atoms with Crippen molar-refractivity contribution in [3.05, 3.63) is 77.9 Å². The minimum atomic E-state index is -0.152. The van der Waals surface area contributed by atoms with Crippen LogP contribution < -0.4 is 15.5 Å². The van der Waals surface area contributed by atoms with Gasteiger partial charge in [0.05, 0.1) is 6.61 Å². The van der Waals surface area contributed by atoms with Gasteiger partial charge in [0.25, 0.3) is 5.91 Å². The molecule has 1 unspecified atom stereocenters. The van der Waals surface area contributed by atoms with Crippen molar-refractivity contribution in [2.75, 3.05) is 31.1 Å². The molecule has 156 valence electrons. The molecule has 1 fully saturated rings. The van der Waals surface area contributed by atoms with Crippen LogP contribution in [0.4, 0.5) is 5.69 Å². The van der Waals surface area contributed by atoms with Gasteiger partial charge >= 0.3 is 0 Å². The van der Waals surface area contributed by atoms with E-state index in [9.17, 15) is 4.79 Å². The summed E-state index contributed by atoms with van der Waals surface area (Å²) in [7, 11) is 0. The molecule has 1 heterocycles. The molecule has 0 aromatic heterocycles. The number of anilines is 1. The average molecular weight is 404 g/mol. The van der Waals surface area contributed by atoms with E-state index in [0.717, 1.165) is 25.2 Å². The Bertz CT molecular complexity index is 997. The molecule has 1 saturated heterocycles. The number of hydrogen-bond donors (Lipinski definition) is 3. The quantitative estimate of drug-likeness (QED) is 0.565. The SMILES string of the molecule is C[C@@H](NC1CCN(c2ccc(C(=O)NCCO)cc2)C1)c1cccc2ccccc12. The fraction of sp³-hybridized carbons (Fsp3) is 0.320. The molecule has 30 heavy (non-hydrogen) atoms. The van der Waals surface area contributed by atoms with Crippen LogP contribution in [0.5, 0.6) is 0 Å². The van der Waals surface area contributed by atoms with Crippen molar-refractivity contribution in [2.45, 2.75) is 25.4 Å². The number of fused-ring (bicyclic) bond motifs is 1. The van der Waals surface area contributed by atoms with Gasteiger partial charge in [0.15, 0.2) is 0 Å². The van der Waals surface area contributed by atoms with E-state index in [2.05, 4.69) is 64.9 Å². The fourth-order valence-corrected chi connectivity index (χ4v) is 4.30. The number of aliphatic hydroxyl groups excluding tert-OH is 1. The number of nitrogens with one attached hydrogen (secondary N) is 2. The summed E-state index contributed by atoms with van der Waals surface area (Å²) in [5.41, 5.74) is 3.09. The Morgan fingerprint density at radius 1 is 1.10 bits per heavy atom. The Morgan fingerprint density at radius 3 is 2.67 bits per heavy atom. The first kappa shape index (κ1) is 20.4. The molecule has 3 aromatic rings. The second-order valence-corrected chi connectivity index (χ2v) is 7.91. The lowest BCUT2D eigenvalue weighted by Gasteiger charge is -2.23. The summed E-state index contributed by atoms with van der Waals surface area (Å²) in [6, 6.07) is 23.5. The highest BCUT2D eigenvalue weighted by Crippen LogP contribution is 2.26. The lowest BCUT2D eigenvalue weighted by atomic mass is 9.99. The lowest BCUT2D eigenvalue weighted by molar-refractivity contribution is 0.0945. The number of carbonyl (C=O) groups excluding carboxylic acids is 1. The molecule has 2 atom stereocenters. The van der Waals surface area contributed by atoms with E-state index in [4.69, 9.17) is 5.11 Å². The van der Waals surface area contributed by atoms with E-state index in [-0.39, 0.29) is 25.1 Å². The van der Waals surface area contributed by atoms with Crippen molar-refractivity contribution < 1.29 is 9.90 Å². The summed E-state index contributed by atoms with van der Waals surface area (Å²) in [6.07, 6.45) is 1.09. The Balaban J connectivity index is 1.38. The van der Waals surface area contributed by atoms with Crippen LogP contribution in [0, 0.1) is 0 Å². The summed E-state index contributed by atoms with van der Waals surface area (Å²) < 4.78 is 0. The number of hydrogen-bond acceptors (Lipinski definition) is 4. The first-order chi connectivity index (χ1) is 14.7. The number of amides is 1. The molecule has 3 N–H and O–H groups in total. The molecule has 1 aliphatic rings. The Morgan fingerprint density at radius 2 is 1.87 bits per heavy atom. The van der Waals surface area contributed by atoms with Crippen LogP contribution >= 0.6 is 0 Å². The first-order valence-corrected chi connectivity index (χ1v) is 10.6. The maximum atomic E-state index is 12.0. The largest absolute Gasteiger partial charge is 0.395 e. The van der Waals surface area contributed by atoms with Crippen LogP contribution in [0.2, 0.25) is 0 Å². The van der Waals surface area contributed by atoms with Crippen molar-refractivity contribution in [2.24, 2.45) is 0 Å². The van der Waals surface area contributed by atoms with Gasteiger partial charge in [0.2, 0.25) is 0 Å². The molecule has 0 spiro atoms. The molecule has 3 aromatic carbocycles. The number of aliphatic hydroxyl groups is 1. The molecular weight excluding hydrogens is 374 g/mol. The Hall–Kier alpha value is -2.89. The number of benzene rings is 3. The average Bonchev–Trinajstić information content (AvgIpc) is 3.25. The van der Waals surface area contributed by atoms with Crippen molar-refractivity contribution in [3.8, 4) is 0 Å². The van der Waals surface area contributed by atoms with Crippen molar-refractivity contribution >= 4 is 22.4 Å². The monoisotopic (exact) mass is 403 g/mol. The van der Waals surface area contributed by atoms with Gasteiger partial charge in [-0.2, -0.15) is 0 Å². The zero-order chi connectivity index (χ0) is 20.9. The van der Waals surface area contributed by atoms with E-state index < -0.39 is 0 Å². The Labute approximate surface area is 177 Å². The van der Waals surface area contributed by atoms with Gasteiger partial charge < -0.3 is 20.6 Å². The predicted octanol–water partition coefficient (Wildman–Crippen LogP) is 3.49. The molecular formula is C25H29N3O2. The van der Waals surface area contributed by atoms with Gasteiger partial charge in [0.1, 0.15) is 0 Å². The zero-order valence-corrected chi connectivity index (χ0v) is 17.3. The van der Waals surface area contributed by atoms with Gasteiger partial charge in [0, 0.05) is 43.0 Å². The van der Waals surface area contributed by atoms with Crippen LogP contribution in [0.25, 0.3) is 10.8 Å². The number of nitrogens with zero attached hydrogens (tertiary/aromatic N) is 1. The van der Waals surface area contributed by atoms with E-state index >= 15 is 0 Å². The van der Waals surface area contributed by atoms with Gasteiger partial charge in [-0.25, -0.2) is 0 Å². The zero-order valence-electron chi connectivity index (χ0n) is 17.3. The molecule has 1 amide bonds. The molecule has 5 nitrogen and oxygen atoms in total. The summed E-state index contributed by atoms with van der Waals surface area (Å²) in [5, 5.41) is 17.9. The molecule has 0 aliphatic carbocycles. The van der Waals surface area contributed by atoms with Crippen LogP contribution in [-0.2, 0) is 0 Å². The Kier molecular flexibility index (Phi) is 6.31. The first-order valence-electron chi connectivity index (χ1n) is 10.6. The van der Waals surface area contributed by atoms with Gasteiger partial charge in [-0.3, -0.25) is 4.79 Å². The third kappa shape index (κ3) is 4.48. The third-order valence-electron chi connectivity index (χ3n) is 5.86. The minimum absolute atomic E-state index is 0.0524. The number of rotatable bonds is 7. The standard InChI is InChI=1S/C25H29N3O2/c1-18(23-8-4-6-19-5-2-3-7-24(19)23)27-21-13-15-28(17-21)22-11-9-20(10-12-22)25(30)26-14-16-29/h2-12,18,21,27,29H,13-17H2,1H3,(H,26,30)/t18-,21?/m1/s1. The minimum Gasteiger partial charge on any atom is -0.395 e. The van der Waals surface area contributed by atoms with Crippen molar-refractivity contribution in [3.63, 3.8) is 0 Å². The van der Waals surface area contributed by atoms with E-state index in [1.165, 1.54) is 16.3 Å². The van der Waals surface area contributed by atoms with Gasteiger partial charge in [-0.15, -0.1) is 0 Å². The van der Waals surface area contributed by atoms with Crippen LogP contribution in [0.1, 0.15) is 35.3 Å². The molecule has 1 aliphatic heterocycles. The van der Waals surface area contributed by atoms with Crippen LogP contribution in [-0.4, -0.2) is 43.3 Å². The maximum absolute atomic E-state index is 12.0. The van der Waals surface area contributed by atoms with E-state index in [1.54, 1.807) is 0 Å². The third-order valence-corrected chi connectivity index (χ3v) is 5.86. The van der Waals surface area contributed by atoms with Gasteiger partial charge in [-0.05, 0) is 53.9 Å². The highest BCUT2D eigenvalue weighted by atomic mass is 16.3. The topological polar surface area (TPSA) is 64.6 Å². The van der Waals surface area contributed by atoms with E-state index in [0.29, 0.717) is 11.6 Å². The van der Waals surface area contributed by atoms with Crippen LogP contribution in [0.15, 0.2) is 66.7 Å². The molecule has 4 rings (SSSR count). The lowest BCUT2D eigenvalue weighted by Crippen LogP contribution is -2.34. The highest BCUT2D eigenvalue weighted by molar-refractivity contribution is 5.94. The van der Waals surface area contributed by atoms with Gasteiger partial charge in [-0.1, -0.05) is 42.5 Å². The fourth-order valence-electron chi connectivity index (χ4n) is 4.30. The summed E-state index contributed by atoms with van der Waals surface area (Å²) in [4.78, 5) is 14.4. The van der Waals surface area contributed by atoms with Crippen molar-refractivity contribution in [1.29, 1.82) is 0 Å². The molecule has 5 heteroatoms. The smallest absolute Gasteiger partial charge is 0.251 e. The maximum Gasteiger partial charge on any atom is 0.251 e. The second kappa shape index (κ2) is 9.28. The van der Waals surface area contributed by atoms with E-state index in [1.807, 2.05) is 24.3 Å². The summed E-state index contributed by atoms with van der Waals surface area (Å²) >= 11 is 0. The second-order valence-electron chi connectivity index (χ2n) is 7.91. The highest BCUT2D eigenvalue weighted by Gasteiger charge is 2.24. The molecule has 0 bridgehead atoms. The predicted molar refractivity (Wildman–Crippen MR) is 122 cm³/mol. The summed E-state index contributed by atoms with van der Waals surface area (Å²) in [5.74, 6) is -0.152. The molecule has 0 saturated carbocycles. The molecule has 0 radical (unpaired) electrons.